The molecule has 0 saturated carbocycles. The molecule has 126 valence electrons. The van der Waals surface area contributed by atoms with E-state index in [0.29, 0.717) is 18.0 Å². The maximum atomic E-state index is 12.2. The lowest BCUT2D eigenvalue weighted by Gasteiger charge is -2.06. The van der Waals surface area contributed by atoms with Gasteiger partial charge >= 0.3 is 0 Å². The largest absolute Gasteiger partial charge is 0.494 e. The number of para-hydroxylation sites is 1. The second kappa shape index (κ2) is 8.26. The third-order valence-electron chi connectivity index (χ3n) is 3.22. The number of ether oxygens (including phenoxy) is 1. The highest BCUT2D eigenvalue weighted by atomic mass is 16.6. The summed E-state index contributed by atoms with van der Waals surface area (Å²) in [5.74, 6) is 0.0151. The highest BCUT2D eigenvalue weighted by Gasteiger charge is 2.15. The van der Waals surface area contributed by atoms with E-state index in [0.717, 1.165) is 0 Å². The van der Waals surface area contributed by atoms with Gasteiger partial charge in [0.25, 0.3) is 11.6 Å². The summed E-state index contributed by atoms with van der Waals surface area (Å²) < 4.78 is 5.31. The Morgan fingerprint density at radius 3 is 2.56 bits per heavy atom. The van der Waals surface area contributed by atoms with Gasteiger partial charge in [0.05, 0.1) is 17.1 Å². The molecular weight excluding hydrogens is 322 g/mol. The predicted octanol–water partition coefficient (Wildman–Crippen LogP) is 3.54. The average Bonchev–Trinajstić information content (AvgIpc) is 2.61. The molecule has 2 aromatic carbocycles. The number of hydrogen-bond acceptors (Lipinski definition) is 5. The maximum Gasteiger partial charge on any atom is 0.276 e. The smallest absolute Gasteiger partial charge is 0.276 e. The van der Waals surface area contributed by atoms with Gasteiger partial charge in [-0.2, -0.15) is 5.26 Å². The minimum atomic E-state index is -0.648. The van der Waals surface area contributed by atoms with Crippen molar-refractivity contribution in [3.05, 3.63) is 69.8 Å². The van der Waals surface area contributed by atoms with Gasteiger partial charge < -0.3 is 10.1 Å². The zero-order valence-corrected chi connectivity index (χ0v) is 13.4. The Morgan fingerprint density at radius 2 is 1.96 bits per heavy atom. The van der Waals surface area contributed by atoms with Crippen molar-refractivity contribution in [3.8, 4) is 11.8 Å². The number of nitriles is 1. The molecular formula is C18H15N3O4. The van der Waals surface area contributed by atoms with Crippen LogP contribution in [0.1, 0.15) is 12.5 Å². The van der Waals surface area contributed by atoms with Crippen LogP contribution in [0.5, 0.6) is 5.75 Å². The molecule has 25 heavy (non-hydrogen) atoms. The number of amides is 1. The molecule has 0 atom stereocenters. The van der Waals surface area contributed by atoms with Gasteiger partial charge in [0, 0.05) is 11.8 Å². The number of nitrogens with one attached hydrogen (secondary N) is 1. The van der Waals surface area contributed by atoms with Crippen LogP contribution in [0.3, 0.4) is 0 Å². The molecule has 0 saturated heterocycles. The van der Waals surface area contributed by atoms with Gasteiger partial charge in [0.2, 0.25) is 0 Å². The predicted molar refractivity (Wildman–Crippen MR) is 92.9 cm³/mol. The highest BCUT2D eigenvalue weighted by Crippen LogP contribution is 2.21. The molecule has 0 aliphatic carbocycles. The van der Waals surface area contributed by atoms with E-state index >= 15 is 0 Å². The van der Waals surface area contributed by atoms with E-state index in [4.69, 9.17) is 4.74 Å². The second-order valence-corrected chi connectivity index (χ2v) is 4.90. The summed E-state index contributed by atoms with van der Waals surface area (Å²) in [5.41, 5.74) is 0.260. The summed E-state index contributed by atoms with van der Waals surface area (Å²) in [7, 11) is 0. The number of carbonyl (C=O) groups excluding carboxylic acids is 1. The minimum absolute atomic E-state index is 0.177. The van der Waals surface area contributed by atoms with E-state index in [-0.39, 0.29) is 16.8 Å². The standard InChI is InChI=1S/C18H15N3O4/c1-2-25-16-9-7-15(8-10-16)20-18(22)14(12-19)11-13-5-3-4-6-17(13)21(23)24/h3-11H,2H2,1H3,(H,20,22)/b14-11-. The fourth-order valence-corrected chi connectivity index (χ4v) is 2.08. The Labute approximate surface area is 144 Å². The molecule has 1 N–H and O–H groups in total. The first-order valence-electron chi connectivity index (χ1n) is 7.44. The van der Waals surface area contributed by atoms with Crippen LogP contribution in [-0.4, -0.2) is 17.4 Å². The molecule has 0 unspecified atom stereocenters. The van der Waals surface area contributed by atoms with E-state index in [2.05, 4.69) is 5.32 Å². The number of benzene rings is 2. The number of rotatable bonds is 6. The molecule has 0 aliphatic rings. The quantitative estimate of drug-likeness (QED) is 0.375. The Kier molecular flexibility index (Phi) is 5.85. The Bertz CT molecular complexity index is 851. The van der Waals surface area contributed by atoms with Crippen LogP contribution in [0.25, 0.3) is 6.08 Å². The van der Waals surface area contributed by atoms with Crippen LogP contribution >= 0.6 is 0 Å². The van der Waals surface area contributed by atoms with E-state index in [1.165, 1.54) is 24.3 Å². The molecule has 0 fully saturated rings. The van der Waals surface area contributed by atoms with E-state index in [9.17, 15) is 20.2 Å². The van der Waals surface area contributed by atoms with E-state index in [1.807, 2.05) is 6.92 Å². The number of nitrogens with zero attached hydrogens (tertiary/aromatic N) is 2. The first-order chi connectivity index (χ1) is 12.0. The van der Waals surface area contributed by atoms with Crippen molar-refractivity contribution in [3.63, 3.8) is 0 Å². The molecule has 0 aliphatic heterocycles. The molecule has 2 aromatic rings. The summed E-state index contributed by atoms with van der Waals surface area (Å²) >= 11 is 0. The van der Waals surface area contributed by atoms with Crippen molar-refractivity contribution >= 4 is 23.4 Å². The van der Waals surface area contributed by atoms with Crippen molar-refractivity contribution in [2.45, 2.75) is 6.92 Å². The Hall–Kier alpha value is -3.66. The zero-order valence-electron chi connectivity index (χ0n) is 13.4. The topological polar surface area (TPSA) is 105 Å². The van der Waals surface area contributed by atoms with Gasteiger partial charge in [-0.05, 0) is 43.3 Å². The summed E-state index contributed by atoms with van der Waals surface area (Å²) in [5, 5.41) is 22.8. The third-order valence-corrected chi connectivity index (χ3v) is 3.22. The van der Waals surface area contributed by atoms with Crippen molar-refractivity contribution in [2.75, 3.05) is 11.9 Å². The fraction of sp³-hybridized carbons (Fsp3) is 0.111. The van der Waals surface area contributed by atoms with E-state index in [1.54, 1.807) is 36.4 Å². The van der Waals surface area contributed by atoms with Crippen LogP contribution in [0, 0.1) is 21.4 Å². The number of nitro groups is 1. The van der Waals surface area contributed by atoms with Gasteiger partial charge in [-0.3, -0.25) is 14.9 Å². The number of anilines is 1. The fourth-order valence-electron chi connectivity index (χ4n) is 2.08. The molecule has 0 heterocycles. The molecule has 7 nitrogen and oxygen atoms in total. The average molecular weight is 337 g/mol. The van der Waals surface area contributed by atoms with Crippen LogP contribution in [0.15, 0.2) is 54.1 Å². The Balaban J connectivity index is 2.21. The molecule has 0 spiro atoms. The highest BCUT2D eigenvalue weighted by molar-refractivity contribution is 6.09. The van der Waals surface area contributed by atoms with Crippen LogP contribution < -0.4 is 10.1 Å². The lowest BCUT2D eigenvalue weighted by molar-refractivity contribution is -0.385. The SMILES string of the molecule is CCOc1ccc(NC(=O)/C(C#N)=C\c2ccccc2[N+](=O)[O-])cc1. The Morgan fingerprint density at radius 1 is 1.28 bits per heavy atom. The third kappa shape index (κ3) is 4.65. The summed E-state index contributed by atoms with van der Waals surface area (Å²) in [6.07, 6.45) is 1.20. The lowest BCUT2D eigenvalue weighted by atomic mass is 10.1. The lowest BCUT2D eigenvalue weighted by Crippen LogP contribution is -2.13. The van der Waals surface area contributed by atoms with Crippen LogP contribution in [0.2, 0.25) is 0 Å². The van der Waals surface area contributed by atoms with Crippen molar-refractivity contribution in [1.29, 1.82) is 5.26 Å². The summed E-state index contributed by atoms with van der Waals surface area (Å²) in [6.45, 7) is 2.39. The molecule has 0 bridgehead atoms. The van der Waals surface area contributed by atoms with Gasteiger partial charge in [-0.1, -0.05) is 12.1 Å². The first kappa shape index (κ1) is 17.7. The molecule has 0 radical (unpaired) electrons. The second-order valence-electron chi connectivity index (χ2n) is 4.90. The molecule has 7 heteroatoms. The van der Waals surface area contributed by atoms with Gasteiger partial charge in [-0.15, -0.1) is 0 Å². The molecule has 2 rings (SSSR count). The van der Waals surface area contributed by atoms with Crippen molar-refractivity contribution < 1.29 is 14.5 Å². The minimum Gasteiger partial charge on any atom is -0.494 e. The first-order valence-corrected chi connectivity index (χ1v) is 7.44. The number of hydrogen-bond donors (Lipinski definition) is 1. The van der Waals surface area contributed by atoms with Gasteiger partial charge in [0.15, 0.2) is 0 Å². The molecule has 0 aromatic heterocycles. The number of nitro benzene ring substituents is 1. The summed E-state index contributed by atoms with van der Waals surface area (Å²) in [6, 6.07) is 14.3. The maximum absolute atomic E-state index is 12.2. The van der Waals surface area contributed by atoms with Crippen LogP contribution in [0.4, 0.5) is 11.4 Å². The van der Waals surface area contributed by atoms with E-state index < -0.39 is 10.8 Å². The van der Waals surface area contributed by atoms with Gasteiger partial charge in [-0.25, -0.2) is 0 Å². The monoisotopic (exact) mass is 337 g/mol. The van der Waals surface area contributed by atoms with Crippen molar-refractivity contribution in [2.24, 2.45) is 0 Å². The number of carbonyl (C=O) groups is 1. The zero-order chi connectivity index (χ0) is 18.2. The van der Waals surface area contributed by atoms with Crippen molar-refractivity contribution in [1.82, 2.24) is 0 Å². The molecule has 1 amide bonds. The van der Waals surface area contributed by atoms with Gasteiger partial charge in [0.1, 0.15) is 17.4 Å². The normalized spacial score (nSPS) is 10.6. The van der Waals surface area contributed by atoms with Crippen LogP contribution in [-0.2, 0) is 4.79 Å². The summed E-state index contributed by atoms with van der Waals surface area (Å²) in [4.78, 5) is 22.7.